The van der Waals surface area contributed by atoms with Crippen LogP contribution in [0.3, 0.4) is 0 Å². The van der Waals surface area contributed by atoms with Crippen LogP contribution in [0.2, 0.25) is 0 Å². The quantitative estimate of drug-likeness (QED) is 0.654. The lowest BCUT2D eigenvalue weighted by molar-refractivity contribution is -0.122. The van der Waals surface area contributed by atoms with Gasteiger partial charge in [-0.2, -0.15) is 0 Å². The molecular weight excluding hydrogens is 341 g/mol. The first-order chi connectivity index (χ1) is 13.1. The molecular formula is C23H22FNO2. The lowest BCUT2D eigenvalue weighted by atomic mass is 9.97. The summed E-state index contributed by atoms with van der Waals surface area (Å²) in [6, 6.07) is 23.8. The number of ether oxygens (including phenoxy) is 1. The van der Waals surface area contributed by atoms with Crippen molar-refractivity contribution in [2.75, 3.05) is 6.61 Å². The van der Waals surface area contributed by atoms with Crippen molar-refractivity contribution in [3.8, 4) is 5.75 Å². The summed E-state index contributed by atoms with van der Waals surface area (Å²) in [5.74, 6) is -0.427. The molecule has 0 bridgehead atoms. The Bertz CT molecular complexity index is 878. The molecule has 0 aromatic heterocycles. The van der Waals surface area contributed by atoms with Gasteiger partial charge in [-0.15, -0.1) is 0 Å². The van der Waals surface area contributed by atoms with E-state index in [1.807, 2.05) is 61.5 Å². The van der Waals surface area contributed by atoms with Gasteiger partial charge in [0.25, 0.3) is 0 Å². The van der Waals surface area contributed by atoms with E-state index < -0.39 is 5.82 Å². The van der Waals surface area contributed by atoms with E-state index >= 15 is 0 Å². The number of benzene rings is 3. The Morgan fingerprint density at radius 2 is 1.56 bits per heavy atom. The van der Waals surface area contributed by atoms with Crippen LogP contribution in [-0.4, -0.2) is 12.5 Å². The van der Waals surface area contributed by atoms with Gasteiger partial charge in [-0.25, -0.2) is 4.39 Å². The van der Waals surface area contributed by atoms with E-state index in [9.17, 15) is 9.18 Å². The SMILES string of the molecule is Cc1ccc(C(NC(=O)CCOc2ccccc2F)c2ccccc2)cc1. The molecule has 1 amide bonds. The van der Waals surface area contributed by atoms with Crippen LogP contribution in [0.4, 0.5) is 4.39 Å². The molecule has 0 heterocycles. The van der Waals surface area contributed by atoms with Crippen LogP contribution in [0.25, 0.3) is 0 Å². The minimum Gasteiger partial charge on any atom is -0.490 e. The van der Waals surface area contributed by atoms with Crippen LogP contribution in [-0.2, 0) is 4.79 Å². The highest BCUT2D eigenvalue weighted by Gasteiger charge is 2.16. The molecule has 3 aromatic rings. The fourth-order valence-electron chi connectivity index (χ4n) is 2.81. The van der Waals surface area contributed by atoms with Crippen LogP contribution in [0, 0.1) is 12.7 Å². The molecule has 27 heavy (non-hydrogen) atoms. The number of aryl methyl sites for hydroxylation is 1. The maximum atomic E-state index is 13.6. The molecule has 3 nitrogen and oxygen atoms in total. The number of carbonyl (C=O) groups excluding carboxylic acids is 1. The van der Waals surface area contributed by atoms with Gasteiger partial charge in [0, 0.05) is 0 Å². The molecule has 0 aliphatic heterocycles. The second-order valence-electron chi connectivity index (χ2n) is 6.35. The van der Waals surface area contributed by atoms with Crippen molar-refractivity contribution in [2.24, 2.45) is 0 Å². The molecule has 0 fully saturated rings. The molecule has 0 saturated heterocycles. The van der Waals surface area contributed by atoms with Crippen LogP contribution in [0.15, 0.2) is 78.9 Å². The summed E-state index contributed by atoms with van der Waals surface area (Å²) in [6.07, 6.45) is 0.142. The first-order valence-electron chi connectivity index (χ1n) is 8.91. The number of rotatable bonds is 7. The maximum Gasteiger partial charge on any atom is 0.224 e. The van der Waals surface area contributed by atoms with E-state index in [0.717, 1.165) is 16.7 Å². The number of hydrogen-bond donors (Lipinski definition) is 1. The van der Waals surface area contributed by atoms with E-state index in [-0.39, 0.29) is 30.7 Å². The second kappa shape index (κ2) is 8.99. The lowest BCUT2D eigenvalue weighted by Gasteiger charge is -2.20. The van der Waals surface area contributed by atoms with Gasteiger partial charge in [0.2, 0.25) is 5.91 Å². The zero-order valence-corrected chi connectivity index (χ0v) is 15.2. The standard InChI is InChI=1S/C23H22FNO2/c1-17-11-13-19(14-12-17)23(18-7-3-2-4-8-18)25-22(26)15-16-27-21-10-6-5-9-20(21)24/h2-14,23H,15-16H2,1H3,(H,25,26). The van der Waals surface area contributed by atoms with Crippen molar-refractivity contribution in [1.82, 2.24) is 5.32 Å². The largest absolute Gasteiger partial charge is 0.490 e. The minimum absolute atomic E-state index is 0.113. The second-order valence-corrected chi connectivity index (χ2v) is 6.35. The third kappa shape index (κ3) is 5.17. The third-order valence-corrected chi connectivity index (χ3v) is 4.27. The first kappa shape index (κ1) is 18.6. The molecule has 0 radical (unpaired) electrons. The first-order valence-corrected chi connectivity index (χ1v) is 8.91. The number of para-hydroxylation sites is 1. The lowest BCUT2D eigenvalue weighted by Crippen LogP contribution is -2.30. The van der Waals surface area contributed by atoms with Crippen molar-refractivity contribution in [1.29, 1.82) is 0 Å². The summed E-state index contributed by atoms with van der Waals surface area (Å²) in [5, 5.41) is 3.06. The molecule has 0 aliphatic rings. The molecule has 0 spiro atoms. The van der Waals surface area contributed by atoms with Gasteiger partial charge in [-0.05, 0) is 30.2 Å². The predicted molar refractivity (Wildman–Crippen MR) is 104 cm³/mol. The highest BCUT2D eigenvalue weighted by atomic mass is 19.1. The fourth-order valence-corrected chi connectivity index (χ4v) is 2.81. The fraction of sp³-hybridized carbons (Fsp3) is 0.174. The minimum atomic E-state index is -0.431. The number of amides is 1. The number of hydrogen-bond acceptors (Lipinski definition) is 2. The summed E-state index contributed by atoms with van der Waals surface area (Å²) in [7, 11) is 0. The highest BCUT2D eigenvalue weighted by molar-refractivity contribution is 5.77. The van der Waals surface area contributed by atoms with E-state index in [1.165, 1.54) is 6.07 Å². The van der Waals surface area contributed by atoms with Crippen LogP contribution >= 0.6 is 0 Å². The Morgan fingerprint density at radius 3 is 2.26 bits per heavy atom. The van der Waals surface area contributed by atoms with Gasteiger partial charge in [0.1, 0.15) is 0 Å². The number of carbonyl (C=O) groups is 1. The van der Waals surface area contributed by atoms with Gasteiger partial charge in [-0.1, -0.05) is 72.3 Å². The van der Waals surface area contributed by atoms with Crippen molar-refractivity contribution in [3.05, 3.63) is 101 Å². The average Bonchev–Trinajstić information content (AvgIpc) is 2.69. The molecule has 0 aliphatic carbocycles. The Hall–Kier alpha value is -3.14. The summed E-state index contributed by atoms with van der Waals surface area (Å²) in [5.41, 5.74) is 3.18. The van der Waals surface area contributed by atoms with Gasteiger partial charge in [-0.3, -0.25) is 4.79 Å². The van der Waals surface area contributed by atoms with Crippen molar-refractivity contribution >= 4 is 5.91 Å². The topological polar surface area (TPSA) is 38.3 Å². The van der Waals surface area contributed by atoms with E-state index in [0.29, 0.717) is 0 Å². The van der Waals surface area contributed by atoms with Gasteiger partial charge < -0.3 is 10.1 Å². The molecule has 3 rings (SSSR count). The Labute approximate surface area is 158 Å². The highest BCUT2D eigenvalue weighted by Crippen LogP contribution is 2.22. The zero-order valence-electron chi connectivity index (χ0n) is 15.2. The van der Waals surface area contributed by atoms with Crippen molar-refractivity contribution < 1.29 is 13.9 Å². The Kier molecular flexibility index (Phi) is 6.21. The molecule has 1 N–H and O–H groups in total. The number of nitrogens with one attached hydrogen (secondary N) is 1. The normalized spacial score (nSPS) is 11.6. The molecule has 0 saturated carbocycles. The molecule has 4 heteroatoms. The zero-order chi connectivity index (χ0) is 19.1. The average molecular weight is 363 g/mol. The molecule has 1 unspecified atom stereocenters. The van der Waals surface area contributed by atoms with Gasteiger partial charge in [0.05, 0.1) is 19.1 Å². The van der Waals surface area contributed by atoms with Crippen molar-refractivity contribution in [2.45, 2.75) is 19.4 Å². The summed E-state index contributed by atoms with van der Waals surface area (Å²) in [4.78, 5) is 12.5. The van der Waals surface area contributed by atoms with Crippen LogP contribution in [0.1, 0.15) is 29.2 Å². The summed E-state index contributed by atoms with van der Waals surface area (Å²) in [6.45, 7) is 2.14. The third-order valence-electron chi connectivity index (χ3n) is 4.27. The molecule has 3 aromatic carbocycles. The Balaban J connectivity index is 1.66. The molecule has 1 atom stereocenters. The predicted octanol–water partition coefficient (Wildman–Crippen LogP) is 4.81. The smallest absolute Gasteiger partial charge is 0.224 e. The van der Waals surface area contributed by atoms with Gasteiger partial charge in [0.15, 0.2) is 11.6 Å². The summed E-state index contributed by atoms with van der Waals surface area (Å²) >= 11 is 0. The monoisotopic (exact) mass is 363 g/mol. The molecule has 138 valence electrons. The van der Waals surface area contributed by atoms with Crippen LogP contribution < -0.4 is 10.1 Å². The number of halogens is 1. The van der Waals surface area contributed by atoms with E-state index in [1.54, 1.807) is 18.2 Å². The van der Waals surface area contributed by atoms with E-state index in [4.69, 9.17) is 4.74 Å². The van der Waals surface area contributed by atoms with Crippen LogP contribution in [0.5, 0.6) is 5.75 Å². The van der Waals surface area contributed by atoms with Crippen molar-refractivity contribution in [3.63, 3.8) is 0 Å². The van der Waals surface area contributed by atoms with E-state index in [2.05, 4.69) is 5.32 Å². The Morgan fingerprint density at radius 1 is 0.926 bits per heavy atom. The van der Waals surface area contributed by atoms with Gasteiger partial charge >= 0.3 is 0 Å². The summed E-state index contributed by atoms with van der Waals surface area (Å²) < 4.78 is 19.0. The maximum absolute atomic E-state index is 13.6.